The lowest BCUT2D eigenvalue weighted by atomic mass is 10.3. The van der Waals surface area contributed by atoms with Gasteiger partial charge in [-0.15, -0.1) is 0 Å². The maximum Gasteiger partial charge on any atom is 0.0922 e. The highest BCUT2D eigenvalue weighted by atomic mass is 15.0. The number of nitrogens with one attached hydrogen (secondary N) is 3. The van der Waals surface area contributed by atoms with Crippen LogP contribution in [0.1, 0.15) is 26.0 Å². The summed E-state index contributed by atoms with van der Waals surface area (Å²) >= 11 is 0. The zero-order chi connectivity index (χ0) is 10.2. The molecule has 0 saturated carbocycles. The summed E-state index contributed by atoms with van der Waals surface area (Å²) in [5, 5.41) is 6.79. The molecule has 1 aromatic rings. The highest BCUT2D eigenvalue weighted by Gasteiger charge is 2.00. The molecule has 4 nitrogen and oxygen atoms in total. The molecule has 80 valence electrons. The normalized spacial score (nSPS) is 13.0. The molecule has 14 heavy (non-hydrogen) atoms. The lowest BCUT2D eigenvalue weighted by molar-refractivity contribution is 0.498. The lowest BCUT2D eigenvalue weighted by Gasteiger charge is -2.13. The van der Waals surface area contributed by atoms with E-state index in [0.717, 1.165) is 25.3 Å². The van der Waals surface area contributed by atoms with Gasteiger partial charge in [-0.05, 0) is 19.9 Å². The summed E-state index contributed by atoms with van der Waals surface area (Å²) in [6.45, 7) is 7.32. The van der Waals surface area contributed by atoms with Crippen molar-refractivity contribution in [2.24, 2.45) is 0 Å². The average Bonchev–Trinajstić information content (AvgIpc) is 2.68. The minimum absolute atomic E-state index is 0.491. The predicted octanol–water partition coefficient (Wildman–Crippen LogP) is 0.887. The molecular formula is C10H20N4. The van der Waals surface area contributed by atoms with E-state index in [0.29, 0.717) is 6.04 Å². The molecule has 4 heteroatoms. The highest BCUT2D eigenvalue weighted by Crippen LogP contribution is 1.90. The number of H-pyrrole nitrogens is 1. The maximum absolute atomic E-state index is 3.96. The monoisotopic (exact) mass is 196 g/mol. The first-order valence-electron chi connectivity index (χ1n) is 5.24. The quantitative estimate of drug-likeness (QED) is 0.568. The summed E-state index contributed by atoms with van der Waals surface area (Å²) in [5.41, 5.74) is 1.13. The summed E-state index contributed by atoms with van der Waals surface area (Å²) in [7, 11) is 0. The van der Waals surface area contributed by atoms with Crippen LogP contribution in [-0.4, -0.2) is 29.1 Å². The Kier molecular flexibility index (Phi) is 5.25. The number of hydrogen-bond donors (Lipinski definition) is 3. The van der Waals surface area contributed by atoms with Crippen LogP contribution in [-0.2, 0) is 6.54 Å². The summed E-state index contributed by atoms with van der Waals surface area (Å²) in [6.07, 6.45) is 4.74. The van der Waals surface area contributed by atoms with Crippen molar-refractivity contribution in [3.8, 4) is 0 Å². The number of rotatable bonds is 7. The van der Waals surface area contributed by atoms with Gasteiger partial charge in [0.1, 0.15) is 0 Å². The Labute approximate surface area is 85.5 Å². The number of hydrogen-bond acceptors (Lipinski definition) is 3. The number of aromatic nitrogens is 2. The fourth-order valence-electron chi connectivity index (χ4n) is 1.23. The molecule has 3 N–H and O–H groups in total. The van der Waals surface area contributed by atoms with E-state index < -0.39 is 0 Å². The summed E-state index contributed by atoms with van der Waals surface area (Å²) in [4.78, 5) is 7.03. The second-order valence-electron chi connectivity index (χ2n) is 3.56. The Morgan fingerprint density at radius 3 is 3.07 bits per heavy atom. The molecule has 0 amide bonds. The van der Waals surface area contributed by atoms with Crippen LogP contribution in [0.15, 0.2) is 12.5 Å². The Bertz CT molecular complexity index is 220. The molecule has 0 aliphatic carbocycles. The van der Waals surface area contributed by atoms with Gasteiger partial charge in [-0.1, -0.05) is 6.92 Å². The van der Waals surface area contributed by atoms with Crippen molar-refractivity contribution in [1.82, 2.24) is 20.6 Å². The van der Waals surface area contributed by atoms with Crippen LogP contribution >= 0.6 is 0 Å². The Balaban J connectivity index is 2.06. The largest absolute Gasteiger partial charge is 0.347 e. The van der Waals surface area contributed by atoms with Crippen molar-refractivity contribution in [3.05, 3.63) is 18.2 Å². The first kappa shape index (κ1) is 11.2. The average molecular weight is 196 g/mol. The fraction of sp³-hybridized carbons (Fsp3) is 0.700. The van der Waals surface area contributed by atoms with E-state index >= 15 is 0 Å². The molecular weight excluding hydrogens is 176 g/mol. The first-order valence-corrected chi connectivity index (χ1v) is 5.24. The molecule has 1 atom stereocenters. The summed E-state index contributed by atoms with van der Waals surface area (Å²) in [5.74, 6) is 0. The number of imidazole rings is 1. The highest BCUT2D eigenvalue weighted by molar-refractivity contribution is 4.93. The van der Waals surface area contributed by atoms with Crippen molar-refractivity contribution in [2.75, 3.05) is 13.1 Å². The molecule has 0 fully saturated rings. The van der Waals surface area contributed by atoms with Gasteiger partial charge in [-0.3, -0.25) is 0 Å². The van der Waals surface area contributed by atoms with Crippen molar-refractivity contribution in [2.45, 2.75) is 32.9 Å². The maximum atomic E-state index is 3.96. The van der Waals surface area contributed by atoms with Gasteiger partial charge in [0.2, 0.25) is 0 Å². The number of aromatic amines is 1. The standard InChI is InChI=1S/C10H20N4/c1-3-4-11-5-9(2)13-7-10-6-12-8-14-10/h6,8-9,11,13H,3-5,7H2,1-2H3,(H,12,14). The molecule has 0 aliphatic heterocycles. The molecule has 0 spiro atoms. The first-order chi connectivity index (χ1) is 6.83. The van der Waals surface area contributed by atoms with Crippen molar-refractivity contribution >= 4 is 0 Å². The second kappa shape index (κ2) is 6.56. The van der Waals surface area contributed by atoms with Crippen LogP contribution in [0.4, 0.5) is 0 Å². The zero-order valence-corrected chi connectivity index (χ0v) is 9.01. The van der Waals surface area contributed by atoms with Crippen LogP contribution < -0.4 is 10.6 Å². The van der Waals surface area contributed by atoms with E-state index in [1.165, 1.54) is 6.42 Å². The molecule has 0 aliphatic rings. The summed E-state index contributed by atoms with van der Waals surface area (Å²) < 4.78 is 0. The lowest BCUT2D eigenvalue weighted by Crippen LogP contribution is -2.36. The fourth-order valence-corrected chi connectivity index (χ4v) is 1.23. The molecule has 0 aromatic carbocycles. The molecule has 1 aromatic heterocycles. The second-order valence-corrected chi connectivity index (χ2v) is 3.56. The Morgan fingerprint density at radius 1 is 1.57 bits per heavy atom. The van der Waals surface area contributed by atoms with Crippen LogP contribution in [0, 0.1) is 0 Å². The Morgan fingerprint density at radius 2 is 2.43 bits per heavy atom. The van der Waals surface area contributed by atoms with Crippen LogP contribution in [0.25, 0.3) is 0 Å². The van der Waals surface area contributed by atoms with Gasteiger partial charge in [-0.25, -0.2) is 4.98 Å². The summed E-state index contributed by atoms with van der Waals surface area (Å²) in [6, 6.07) is 0.491. The van der Waals surface area contributed by atoms with E-state index in [9.17, 15) is 0 Å². The van der Waals surface area contributed by atoms with Crippen molar-refractivity contribution in [1.29, 1.82) is 0 Å². The molecule has 1 rings (SSSR count). The third-order valence-corrected chi connectivity index (χ3v) is 2.07. The van der Waals surface area contributed by atoms with Gasteiger partial charge >= 0.3 is 0 Å². The van der Waals surface area contributed by atoms with E-state index in [1.54, 1.807) is 6.33 Å². The Hall–Kier alpha value is -0.870. The van der Waals surface area contributed by atoms with E-state index in [-0.39, 0.29) is 0 Å². The zero-order valence-electron chi connectivity index (χ0n) is 9.01. The van der Waals surface area contributed by atoms with Gasteiger partial charge < -0.3 is 15.6 Å². The minimum Gasteiger partial charge on any atom is -0.347 e. The molecule has 0 saturated heterocycles. The van der Waals surface area contributed by atoms with Crippen LogP contribution in [0.5, 0.6) is 0 Å². The molecule has 0 bridgehead atoms. The topological polar surface area (TPSA) is 52.7 Å². The molecule has 0 radical (unpaired) electrons. The molecule has 1 heterocycles. The van der Waals surface area contributed by atoms with Gasteiger partial charge in [0.15, 0.2) is 0 Å². The SMILES string of the molecule is CCCNCC(C)NCc1cnc[nH]1. The van der Waals surface area contributed by atoms with E-state index in [1.807, 2.05) is 6.20 Å². The van der Waals surface area contributed by atoms with E-state index in [2.05, 4.69) is 34.4 Å². The third-order valence-electron chi connectivity index (χ3n) is 2.07. The van der Waals surface area contributed by atoms with Gasteiger partial charge in [0, 0.05) is 31.0 Å². The van der Waals surface area contributed by atoms with Crippen LogP contribution in [0.2, 0.25) is 0 Å². The number of nitrogens with zero attached hydrogens (tertiary/aromatic N) is 1. The van der Waals surface area contributed by atoms with Crippen molar-refractivity contribution in [3.63, 3.8) is 0 Å². The third kappa shape index (κ3) is 4.39. The molecule has 1 unspecified atom stereocenters. The minimum atomic E-state index is 0.491. The van der Waals surface area contributed by atoms with Gasteiger partial charge in [-0.2, -0.15) is 0 Å². The predicted molar refractivity (Wildman–Crippen MR) is 58.1 cm³/mol. The van der Waals surface area contributed by atoms with Crippen LogP contribution in [0.3, 0.4) is 0 Å². The van der Waals surface area contributed by atoms with Gasteiger partial charge in [0.25, 0.3) is 0 Å². The van der Waals surface area contributed by atoms with Gasteiger partial charge in [0.05, 0.1) is 6.33 Å². The van der Waals surface area contributed by atoms with E-state index in [4.69, 9.17) is 0 Å². The van der Waals surface area contributed by atoms with Crippen molar-refractivity contribution < 1.29 is 0 Å². The smallest absolute Gasteiger partial charge is 0.0922 e.